The lowest BCUT2D eigenvalue weighted by molar-refractivity contribution is 0.0584. The van der Waals surface area contributed by atoms with Crippen molar-refractivity contribution in [1.82, 2.24) is 4.57 Å². The van der Waals surface area contributed by atoms with Gasteiger partial charge < -0.3 is 10.5 Å². The lowest BCUT2D eigenvalue weighted by atomic mass is 9.85. The molecule has 1 heterocycles. The average Bonchev–Trinajstić information content (AvgIpc) is 3.08. The summed E-state index contributed by atoms with van der Waals surface area (Å²) in [6.45, 7) is 0. The third-order valence-electron chi connectivity index (χ3n) is 6.36. The van der Waals surface area contributed by atoms with Crippen molar-refractivity contribution in [3.8, 4) is 6.07 Å². The monoisotopic (exact) mass is 397 g/mol. The van der Waals surface area contributed by atoms with Gasteiger partial charge in [-0.1, -0.05) is 57.4 Å². The summed E-state index contributed by atoms with van der Waals surface area (Å²) in [5, 5.41) is 9.61. The number of esters is 1. The maximum Gasteiger partial charge on any atom is 0.357 e. The summed E-state index contributed by atoms with van der Waals surface area (Å²) in [6.07, 6.45) is 15.5. The highest BCUT2D eigenvalue weighted by molar-refractivity contribution is 6.06. The largest absolute Gasteiger partial charge is 0.464 e. The SMILES string of the molecule is COC(=O)c1c(N)c(CC2CCCCC2)cn1C(=O)C(C#N)=CC1CCCCC1. The molecule has 1 aromatic heterocycles. The van der Waals surface area contributed by atoms with Crippen molar-refractivity contribution in [3.63, 3.8) is 0 Å². The number of nitrogen functional groups attached to an aromatic ring is 1. The number of carbonyl (C=O) groups is 2. The molecule has 2 N–H and O–H groups in total. The molecule has 2 fully saturated rings. The number of ether oxygens (including phenoxy) is 1. The molecule has 3 rings (SSSR count). The fourth-order valence-corrected chi connectivity index (χ4v) is 4.72. The molecule has 0 aromatic carbocycles. The fourth-order valence-electron chi connectivity index (χ4n) is 4.72. The van der Waals surface area contributed by atoms with Crippen molar-refractivity contribution in [2.24, 2.45) is 11.8 Å². The molecular weight excluding hydrogens is 366 g/mol. The number of rotatable bonds is 5. The highest BCUT2D eigenvalue weighted by Crippen LogP contribution is 2.32. The smallest absolute Gasteiger partial charge is 0.357 e. The Kier molecular flexibility index (Phi) is 7.13. The van der Waals surface area contributed by atoms with Gasteiger partial charge in [-0.05, 0) is 36.7 Å². The summed E-state index contributed by atoms with van der Waals surface area (Å²) in [5.74, 6) is -0.407. The van der Waals surface area contributed by atoms with Crippen LogP contribution in [-0.4, -0.2) is 23.6 Å². The molecule has 2 aliphatic carbocycles. The summed E-state index contributed by atoms with van der Waals surface area (Å²) in [7, 11) is 1.27. The van der Waals surface area contributed by atoms with Crippen molar-refractivity contribution < 1.29 is 14.3 Å². The number of anilines is 1. The number of hydrogen-bond acceptors (Lipinski definition) is 5. The Bertz CT molecular complexity index is 819. The first-order valence-electron chi connectivity index (χ1n) is 10.8. The van der Waals surface area contributed by atoms with Gasteiger partial charge in [0.05, 0.1) is 12.8 Å². The summed E-state index contributed by atoms with van der Waals surface area (Å²) in [5.41, 5.74) is 7.48. The molecular formula is C23H31N3O3. The van der Waals surface area contributed by atoms with Crippen LogP contribution in [0.25, 0.3) is 0 Å². The van der Waals surface area contributed by atoms with Crippen LogP contribution in [-0.2, 0) is 11.2 Å². The summed E-state index contributed by atoms with van der Waals surface area (Å²) >= 11 is 0. The molecule has 0 saturated heterocycles. The van der Waals surface area contributed by atoms with Gasteiger partial charge in [0.15, 0.2) is 5.69 Å². The van der Waals surface area contributed by atoms with Crippen LogP contribution in [0.4, 0.5) is 5.69 Å². The zero-order chi connectivity index (χ0) is 20.8. The van der Waals surface area contributed by atoms with Crippen LogP contribution in [0.1, 0.15) is 85.1 Å². The number of aromatic nitrogens is 1. The van der Waals surface area contributed by atoms with Gasteiger partial charge in [-0.2, -0.15) is 5.26 Å². The van der Waals surface area contributed by atoms with E-state index in [9.17, 15) is 14.9 Å². The number of hydrogen-bond donors (Lipinski definition) is 1. The van der Waals surface area contributed by atoms with Gasteiger partial charge >= 0.3 is 5.97 Å². The third-order valence-corrected chi connectivity index (χ3v) is 6.36. The number of allylic oxidation sites excluding steroid dienone is 2. The molecule has 0 spiro atoms. The highest BCUT2D eigenvalue weighted by Gasteiger charge is 2.28. The quantitative estimate of drug-likeness (QED) is 0.443. The van der Waals surface area contributed by atoms with Crippen molar-refractivity contribution in [3.05, 3.63) is 29.1 Å². The molecule has 0 bridgehead atoms. The van der Waals surface area contributed by atoms with Gasteiger partial charge in [0.2, 0.25) is 0 Å². The number of nitrogens with zero attached hydrogens (tertiary/aromatic N) is 2. The maximum atomic E-state index is 13.2. The van der Waals surface area contributed by atoms with E-state index >= 15 is 0 Å². The topological polar surface area (TPSA) is 98.1 Å². The normalized spacial score (nSPS) is 19.0. The van der Waals surface area contributed by atoms with Crippen molar-refractivity contribution in [2.45, 2.75) is 70.6 Å². The molecule has 6 nitrogen and oxygen atoms in total. The lowest BCUT2D eigenvalue weighted by Gasteiger charge is -2.21. The second-order valence-electron chi connectivity index (χ2n) is 8.38. The van der Waals surface area contributed by atoms with Gasteiger partial charge in [0.1, 0.15) is 11.6 Å². The minimum Gasteiger partial charge on any atom is -0.464 e. The Balaban J connectivity index is 1.92. The molecule has 2 saturated carbocycles. The standard InChI is InChI=1S/C23H31N3O3/c1-29-23(28)21-20(25)19(13-17-10-6-3-7-11-17)15-26(21)22(27)18(14-24)12-16-8-4-2-5-9-16/h12,15-17H,2-11,13,25H2,1H3. The van der Waals surface area contributed by atoms with Gasteiger partial charge in [-0.25, -0.2) is 4.79 Å². The maximum absolute atomic E-state index is 13.2. The Morgan fingerprint density at radius 1 is 1.17 bits per heavy atom. The molecule has 29 heavy (non-hydrogen) atoms. The van der Waals surface area contributed by atoms with E-state index < -0.39 is 11.9 Å². The molecule has 2 aliphatic rings. The van der Waals surface area contributed by atoms with Crippen LogP contribution < -0.4 is 5.73 Å². The molecule has 6 heteroatoms. The summed E-state index contributed by atoms with van der Waals surface area (Å²) < 4.78 is 6.11. The van der Waals surface area contributed by atoms with Crippen molar-refractivity contribution in [1.29, 1.82) is 5.26 Å². The second-order valence-corrected chi connectivity index (χ2v) is 8.38. The van der Waals surface area contributed by atoms with Crippen LogP contribution in [0.5, 0.6) is 0 Å². The molecule has 0 amide bonds. The molecule has 0 radical (unpaired) electrons. The van der Waals surface area contributed by atoms with E-state index in [0.29, 0.717) is 11.6 Å². The first kappa shape index (κ1) is 21.2. The van der Waals surface area contributed by atoms with Crippen molar-refractivity contribution >= 4 is 17.6 Å². The predicted molar refractivity (Wildman–Crippen MR) is 111 cm³/mol. The molecule has 0 atom stereocenters. The van der Waals surface area contributed by atoms with Gasteiger partial charge in [0.25, 0.3) is 5.91 Å². The average molecular weight is 398 g/mol. The molecule has 1 aromatic rings. The van der Waals surface area contributed by atoms with Gasteiger partial charge in [0, 0.05) is 6.20 Å². The number of methoxy groups -OCH3 is 1. The first-order chi connectivity index (χ1) is 14.0. The van der Waals surface area contributed by atoms with Crippen LogP contribution in [0.2, 0.25) is 0 Å². The third kappa shape index (κ3) is 4.90. The van der Waals surface area contributed by atoms with E-state index in [2.05, 4.69) is 0 Å². The second kappa shape index (κ2) is 9.78. The van der Waals surface area contributed by atoms with Crippen LogP contribution in [0, 0.1) is 23.2 Å². The van der Waals surface area contributed by atoms with Crippen LogP contribution >= 0.6 is 0 Å². The summed E-state index contributed by atoms with van der Waals surface area (Å²) in [6, 6.07) is 2.04. The van der Waals surface area contributed by atoms with E-state index in [-0.39, 0.29) is 17.2 Å². The summed E-state index contributed by atoms with van der Waals surface area (Å²) in [4.78, 5) is 25.5. The first-order valence-corrected chi connectivity index (χ1v) is 10.8. The number of carbonyl (C=O) groups excluding carboxylic acids is 2. The van der Waals surface area contributed by atoms with E-state index in [1.165, 1.54) is 37.4 Å². The molecule has 156 valence electrons. The minimum absolute atomic E-state index is 0.0353. The minimum atomic E-state index is -0.652. The zero-order valence-corrected chi connectivity index (χ0v) is 17.3. The van der Waals surface area contributed by atoms with Gasteiger partial charge in [-0.3, -0.25) is 9.36 Å². The predicted octanol–water partition coefficient (Wildman–Crippen LogP) is 4.65. The van der Waals surface area contributed by atoms with Crippen LogP contribution in [0.15, 0.2) is 17.8 Å². The Morgan fingerprint density at radius 3 is 2.38 bits per heavy atom. The van der Waals surface area contributed by atoms with Crippen LogP contribution in [0.3, 0.4) is 0 Å². The number of nitrogens with two attached hydrogens (primary N) is 1. The fraction of sp³-hybridized carbons (Fsp3) is 0.609. The zero-order valence-electron chi connectivity index (χ0n) is 17.3. The van der Waals surface area contributed by atoms with E-state index in [0.717, 1.165) is 50.5 Å². The van der Waals surface area contributed by atoms with E-state index in [1.54, 1.807) is 12.3 Å². The van der Waals surface area contributed by atoms with Gasteiger partial charge in [-0.15, -0.1) is 0 Å². The molecule has 0 unspecified atom stereocenters. The number of nitriles is 1. The Hall–Kier alpha value is -2.55. The Labute approximate surface area is 172 Å². The van der Waals surface area contributed by atoms with Crippen molar-refractivity contribution in [2.75, 3.05) is 12.8 Å². The molecule has 0 aliphatic heterocycles. The Morgan fingerprint density at radius 2 is 1.79 bits per heavy atom. The lowest BCUT2D eigenvalue weighted by Crippen LogP contribution is -2.20. The highest BCUT2D eigenvalue weighted by atomic mass is 16.5. The van der Waals surface area contributed by atoms with E-state index in [1.807, 2.05) is 6.07 Å². The van der Waals surface area contributed by atoms with E-state index in [4.69, 9.17) is 10.5 Å².